The first kappa shape index (κ1) is 22.2. The Morgan fingerprint density at radius 2 is 1.90 bits per heavy atom. The topological polar surface area (TPSA) is 48.9 Å². The SMILES string of the molecule is CCNC(=NCC(C)(C)CN(C)C)NCCCOC.I. The van der Waals surface area contributed by atoms with E-state index in [1.54, 1.807) is 7.11 Å². The Balaban J connectivity index is 0. The molecule has 0 aromatic rings. The summed E-state index contributed by atoms with van der Waals surface area (Å²) in [6.45, 7) is 10.9. The zero-order chi connectivity index (χ0) is 14.7. The summed E-state index contributed by atoms with van der Waals surface area (Å²) < 4.78 is 5.04. The van der Waals surface area contributed by atoms with Crippen LogP contribution in [0.1, 0.15) is 27.2 Å². The Morgan fingerprint density at radius 3 is 2.40 bits per heavy atom. The average Bonchev–Trinajstić information content (AvgIpc) is 2.30. The Kier molecular flexibility index (Phi) is 14.0. The number of methoxy groups -OCH3 is 1. The number of nitrogens with one attached hydrogen (secondary N) is 2. The molecule has 0 amide bonds. The Morgan fingerprint density at radius 1 is 1.25 bits per heavy atom. The highest BCUT2D eigenvalue weighted by Crippen LogP contribution is 2.15. The van der Waals surface area contributed by atoms with Crippen LogP contribution >= 0.6 is 24.0 Å². The summed E-state index contributed by atoms with van der Waals surface area (Å²) in [4.78, 5) is 6.87. The van der Waals surface area contributed by atoms with Gasteiger partial charge in [0.15, 0.2) is 5.96 Å². The van der Waals surface area contributed by atoms with Crippen LogP contribution in [0.2, 0.25) is 0 Å². The first-order valence-corrected chi connectivity index (χ1v) is 7.07. The maximum absolute atomic E-state index is 5.04. The molecule has 0 bridgehead atoms. The van der Waals surface area contributed by atoms with Crippen molar-refractivity contribution in [1.29, 1.82) is 0 Å². The van der Waals surface area contributed by atoms with Crippen LogP contribution in [0.4, 0.5) is 0 Å². The van der Waals surface area contributed by atoms with Crippen molar-refractivity contribution in [3.8, 4) is 0 Å². The summed E-state index contributed by atoms with van der Waals surface area (Å²) in [6.07, 6.45) is 0.988. The van der Waals surface area contributed by atoms with Crippen molar-refractivity contribution in [2.45, 2.75) is 27.2 Å². The minimum atomic E-state index is 0. The molecule has 5 nitrogen and oxygen atoms in total. The van der Waals surface area contributed by atoms with Crippen LogP contribution in [0.3, 0.4) is 0 Å². The third-order valence-corrected chi connectivity index (χ3v) is 2.57. The number of aliphatic imine (C=N–C) groups is 1. The molecule has 122 valence electrons. The van der Waals surface area contributed by atoms with Crippen LogP contribution in [-0.4, -0.2) is 64.9 Å². The number of hydrogen-bond donors (Lipinski definition) is 2. The van der Waals surface area contributed by atoms with Gasteiger partial charge in [-0.05, 0) is 32.9 Å². The molecule has 0 rings (SSSR count). The molecule has 0 aromatic carbocycles. The van der Waals surface area contributed by atoms with E-state index in [4.69, 9.17) is 4.74 Å². The highest BCUT2D eigenvalue weighted by molar-refractivity contribution is 14.0. The molecule has 0 radical (unpaired) electrons. The largest absolute Gasteiger partial charge is 0.385 e. The molecule has 20 heavy (non-hydrogen) atoms. The summed E-state index contributed by atoms with van der Waals surface area (Å²) in [6, 6.07) is 0. The van der Waals surface area contributed by atoms with Crippen LogP contribution in [0.25, 0.3) is 0 Å². The molecule has 0 aliphatic carbocycles. The van der Waals surface area contributed by atoms with Crippen molar-refractivity contribution in [3.63, 3.8) is 0 Å². The third-order valence-electron chi connectivity index (χ3n) is 2.57. The number of halogens is 1. The van der Waals surface area contributed by atoms with Crippen molar-refractivity contribution < 1.29 is 4.74 Å². The molecule has 0 aromatic heterocycles. The van der Waals surface area contributed by atoms with Gasteiger partial charge in [-0.15, -0.1) is 24.0 Å². The minimum absolute atomic E-state index is 0. The van der Waals surface area contributed by atoms with Gasteiger partial charge in [0.05, 0.1) is 0 Å². The summed E-state index contributed by atoms with van der Waals surface area (Å²) in [5, 5.41) is 6.60. The monoisotopic (exact) mass is 400 g/mol. The molecular formula is C14H33IN4O. The van der Waals surface area contributed by atoms with Crippen LogP contribution in [0.5, 0.6) is 0 Å². The van der Waals surface area contributed by atoms with E-state index < -0.39 is 0 Å². The Hall–Kier alpha value is -0.0800. The number of nitrogens with zero attached hydrogens (tertiary/aromatic N) is 2. The predicted molar refractivity (Wildman–Crippen MR) is 98.2 cm³/mol. The normalized spacial score (nSPS) is 12.2. The van der Waals surface area contributed by atoms with Gasteiger partial charge in [-0.3, -0.25) is 4.99 Å². The quantitative estimate of drug-likeness (QED) is 0.268. The van der Waals surface area contributed by atoms with Gasteiger partial charge in [-0.1, -0.05) is 13.8 Å². The molecular weight excluding hydrogens is 367 g/mol. The van der Waals surface area contributed by atoms with Crippen LogP contribution < -0.4 is 10.6 Å². The molecule has 2 N–H and O–H groups in total. The van der Waals surface area contributed by atoms with Gasteiger partial charge in [0.2, 0.25) is 0 Å². The van der Waals surface area contributed by atoms with Gasteiger partial charge in [-0.2, -0.15) is 0 Å². The van der Waals surface area contributed by atoms with E-state index in [9.17, 15) is 0 Å². The molecule has 0 saturated heterocycles. The maximum Gasteiger partial charge on any atom is 0.191 e. The Labute approximate surface area is 141 Å². The zero-order valence-corrected chi connectivity index (χ0v) is 16.3. The Bertz CT molecular complexity index is 258. The second kappa shape index (κ2) is 12.6. The molecule has 0 aliphatic heterocycles. The van der Waals surface area contributed by atoms with E-state index in [1.165, 1.54) is 0 Å². The van der Waals surface area contributed by atoms with Crippen LogP contribution in [0, 0.1) is 5.41 Å². The number of guanidine groups is 1. The second-order valence-electron chi connectivity index (χ2n) is 5.87. The highest BCUT2D eigenvalue weighted by Gasteiger charge is 2.18. The molecule has 0 heterocycles. The van der Waals surface area contributed by atoms with Gasteiger partial charge in [0.25, 0.3) is 0 Å². The molecule has 0 unspecified atom stereocenters. The van der Waals surface area contributed by atoms with Crippen molar-refractivity contribution in [1.82, 2.24) is 15.5 Å². The summed E-state index contributed by atoms with van der Waals surface area (Å²) in [5.41, 5.74) is 0.179. The average molecular weight is 400 g/mol. The molecule has 0 fully saturated rings. The van der Waals surface area contributed by atoms with Crippen LogP contribution in [-0.2, 0) is 4.74 Å². The van der Waals surface area contributed by atoms with Gasteiger partial charge < -0.3 is 20.3 Å². The molecule has 0 saturated carbocycles. The fourth-order valence-corrected chi connectivity index (χ4v) is 1.96. The minimum Gasteiger partial charge on any atom is -0.385 e. The lowest BCUT2D eigenvalue weighted by Gasteiger charge is -2.26. The number of ether oxygens (including phenoxy) is 1. The zero-order valence-electron chi connectivity index (χ0n) is 14.0. The highest BCUT2D eigenvalue weighted by atomic mass is 127. The molecule has 0 spiro atoms. The second-order valence-corrected chi connectivity index (χ2v) is 5.87. The van der Waals surface area contributed by atoms with Crippen LogP contribution in [0.15, 0.2) is 4.99 Å². The standard InChI is InChI=1S/C14H32N4O.HI/c1-7-15-13(16-9-8-10-19-6)17-11-14(2,3)12-18(4)5;/h7-12H2,1-6H3,(H2,15,16,17);1H. The van der Waals surface area contributed by atoms with E-state index in [0.29, 0.717) is 0 Å². The van der Waals surface area contributed by atoms with Gasteiger partial charge in [0.1, 0.15) is 0 Å². The van der Waals surface area contributed by atoms with E-state index in [1.807, 2.05) is 0 Å². The van der Waals surface area contributed by atoms with Crippen molar-refractivity contribution in [3.05, 3.63) is 0 Å². The van der Waals surface area contributed by atoms with Gasteiger partial charge in [0, 0.05) is 39.9 Å². The van der Waals surface area contributed by atoms with E-state index in [-0.39, 0.29) is 29.4 Å². The lowest BCUT2D eigenvalue weighted by Crippen LogP contribution is -2.39. The molecule has 0 atom stereocenters. The van der Waals surface area contributed by atoms with Crippen molar-refractivity contribution >= 4 is 29.9 Å². The maximum atomic E-state index is 5.04. The van der Waals surface area contributed by atoms with Crippen molar-refractivity contribution in [2.24, 2.45) is 10.4 Å². The summed E-state index contributed by atoms with van der Waals surface area (Å²) in [5.74, 6) is 0.894. The lowest BCUT2D eigenvalue weighted by molar-refractivity contribution is 0.195. The lowest BCUT2D eigenvalue weighted by atomic mass is 9.93. The van der Waals surface area contributed by atoms with Crippen molar-refractivity contribution in [2.75, 3.05) is 54.0 Å². The van der Waals surface area contributed by atoms with Gasteiger partial charge in [-0.25, -0.2) is 0 Å². The third kappa shape index (κ3) is 12.9. The van der Waals surface area contributed by atoms with E-state index in [2.05, 4.69) is 55.4 Å². The summed E-state index contributed by atoms with van der Waals surface area (Å²) >= 11 is 0. The molecule has 6 heteroatoms. The first-order chi connectivity index (χ1) is 8.91. The fraction of sp³-hybridized carbons (Fsp3) is 0.929. The molecule has 0 aliphatic rings. The van der Waals surface area contributed by atoms with E-state index >= 15 is 0 Å². The predicted octanol–water partition coefficient (Wildman–Crippen LogP) is 1.78. The van der Waals surface area contributed by atoms with Gasteiger partial charge >= 0.3 is 0 Å². The smallest absolute Gasteiger partial charge is 0.191 e. The fourth-order valence-electron chi connectivity index (χ4n) is 1.96. The van der Waals surface area contributed by atoms with E-state index in [0.717, 1.165) is 45.2 Å². The summed E-state index contributed by atoms with van der Waals surface area (Å²) in [7, 11) is 5.92. The first-order valence-electron chi connectivity index (χ1n) is 7.07. The number of rotatable bonds is 9. The number of hydrogen-bond acceptors (Lipinski definition) is 3.